The molecular formula is C19H26N2O3. The molecular weight excluding hydrogens is 304 g/mol. The number of hydrogen-bond donors (Lipinski definition) is 0. The van der Waals surface area contributed by atoms with Crippen LogP contribution < -0.4 is 9.47 Å². The molecule has 1 aromatic heterocycles. The van der Waals surface area contributed by atoms with Crippen molar-refractivity contribution < 1.29 is 14.3 Å². The molecule has 1 heterocycles. The van der Waals surface area contributed by atoms with E-state index in [1.54, 1.807) is 18.2 Å². The second-order valence-electron chi connectivity index (χ2n) is 8.32. The van der Waals surface area contributed by atoms with Gasteiger partial charge in [-0.15, -0.1) is 4.73 Å². The van der Waals surface area contributed by atoms with Crippen LogP contribution in [0.3, 0.4) is 0 Å². The van der Waals surface area contributed by atoms with Gasteiger partial charge in [-0.05, 0) is 67.8 Å². The smallest absolute Gasteiger partial charge is 0.379 e. The standard InChI is InChI=1S/C19H26N2O3/c1-20(17(22)12-24-18-4-2-3-5-21(18)23)13-19-9-14-6-15(10-19)8-16(7-14)11-19/h2-5,14-16H,6-13H2,1H3. The van der Waals surface area contributed by atoms with Crippen molar-refractivity contribution in [2.45, 2.75) is 38.5 Å². The average Bonchev–Trinajstić information content (AvgIpc) is 2.52. The molecule has 0 radical (unpaired) electrons. The van der Waals surface area contributed by atoms with Crippen LogP contribution >= 0.6 is 0 Å². The molecule has 24 heavy (non-hydrogen) atoms. The normalized spacial score (nSPS) is 33.5. The molecule has 0 atom stereocenters. The van der Waals surface area contributed by atoms with Gasteiger partial charge in [-0.3, -0.25) is 4.79 Å². The van der Waals surface area contributed by atoms with Crippen molar-refractivity contribution >= 4 is 5.91 Å². The predicted molar refractivity (Wildman–Crippen MR) is 89.1 cm³/mol. The lowest BCUT2D eigenvalue weighted by molar-refractivity contribution is -0.612. The number of likely N-dealkylation sites (N-methyl/N-ethyl adjacent to an activating group) is 1. The third kappa shape index (κ3) is 2.96. The fourth-order valence-electron chi connectivity index (χ4n) is 5.85. The zero-order valence-electron chi connectivity index (χ0n) is 14.3. The van der Waals surface area contributed by atoms with Crippen LogP contribution in [0, 0.1) is 28.4 Å². The molecule has 4 fully saturated rings. The van der Waals surface area contributed by atoms with E-state index in [9.17, 15) is 10.0 Å². The summed E-state index contributed by atoms with van der Waals surface area (Å²) in [7, 11) is 1.88. The van der Waals surface area contributed by atoms with Gasteiger partial charge in [-0.2, -0.15) is 0 Å². The maximum atomic E-state index is 12.4. The molecule has 0 unspecified atom stereocenters. The highest BCUT2D eigenvalue weighted by Crippen LogP contribution is 2.60. The molecule has 0 aliphatic heterocycles. The Hall–Kier alpha value is -1.78. The highest BCUT2D eigenvalue weighted by atomic mass is 16.6. The van der Waals surface area contributed by atoms with Gasteiger partial charge in [0.25, 0.3) is 5.91 Å². The highest BCUT2D eigenvalue weighted by molar-refractivity contribution is 5.77. The van der Waals surface area contributed by atoms with Crippen molar-refractivity contribution in [3.8, 4) is 5.88 Å². The lowest BCUT2D eigenvalue weighted by Gasteiger charge is -2.57. The van der Waals surface area contributed by atoms with Crippen molar-refractivity contribution in [1.29, 1.82) is 0 Å². The molecule has 130 valence electrons. The number of ether oxygens (including phenoxy) is 1. The van der Waals surface area contributed by atoms with Crippen molar-refractivity contribution in [2.75, 3.05) is 20.2 Å². The fraction of sp³-hybridized carbons (Fsp3) is 0.684. The summed E-state index contributed by atoms with van der Waals surface area (Å²) in [6, 6.07) is 4.95. The van der Waals surface area contributed by atoms with Crippen molar-refractivity contribution in [1.82, 2.24) is 4.90 Å². The first-order valence-corrected chi connectivity index (χ1v) is 9.08. The zero-order chi connectivity index (χ0) is 16.7. The van der Waals surface area contributed by atoms with E-state index >= 15 is 0 Å². The first-order valence-electron chi connectivity index (χ1n) is 9.08. The molecule has 0 spiro atoms. The van der Waals surface area contributed by atoms with Crippen LogP contribution in [0.15, 0.2) is 24.4 Å². The lowest BCUT2D eigenvalue weighted by atomic mass is 9.49. The second kappa shape index (κ2) is 5.94. The van der Waals surface area contributed by atoms with E-state index in [1.807, 2.05) is 11.9 Å². The molecule has 0 aromatic carbocycles. The number of carbonyl (C=O) groups is 1. The van der Waals surface area contributed by atoms with E-state index in [-0.39, 0.29) is 18.4 Å². The van der Waals surface area contributed by atoms with Gasteiger partial charge < -0.3 is 14.8 Å². The number of pyridine rings is 1. The summed E-state index contributed by atoms with van der Waals surface area (Å²) in [5.41, 5.74) is 0.338. The Labute approximate surface area is 143 Å². The number of nitrogens with zero attached hydrogens (tertiary/aromatic N) is 2. The van der Waals surface area contributed by atoms with Crippen molar-refractivity contribution in [3.63, 3.8) is 0 Å². The van der Waals surface area contributed by atoms with Crippen LogP contribution in [0.2, 0.25) is 0 Å². The number of carbonyl (C=O) groups excluding carboxylic acids is 1. The average molecular weight is 330 g/mol. The maximum absolute atomic E-state index is 12.4. The Morgan fingerprint density at radius 3 is 2.46 bits per heavy atom. The van der Waals surface area contributed by atoms with Crippen LogP contribution in [-0.4, -0.2) is 31.0 Å². The summed E-state index contributed by atoms with van der Waals surface area (Å²) in [6.45, 7) is 0.764. The van der Waals surface area contributed by atoms with Crippen molar-refractivity contribution in [2.24, 2.45) is 23.2 Å². The summed E-state index contributed by atoms with van der Waals surface area (Å²) in [5.74, 6) is 2.79. The SMILES string of the molecule is CN(CC12CC3CC(CC(C3)C1)C2)C(=O)COc1cccc[n+]1[O-]. The molecule has 0 N–H and O–H groups in total. The largest absolute Gasteiger partial charge is 0.616 e. The molecule has 1 amide bonds. The highest BCUT2D eigenvalue weighted by Gasteiger charge is 2.51. The van der Waals surface area contributed by atoms with Gasteiger partial charge in [0.15, 0.2) is 12.8 Å². The number of amides is 1. The molecule has 4 saturated carbocycles. The van der Waals surface area contributed by atoms with E-state index in [2.05, 4.69) is 0 Å². The number of rotatable bonds is 5. The summed E-state index contributed by atoms with van der Waals surface area (Å²) in [5, 5.41) is 11.6. The Balaban J connectivity index is 1.35. The fourth-order valence-corrected chi connectivity index (χ4v) is 5.85. The molecule has 5 rings (SSSR count). The minimum absolute atomic E-state index is 0.0467. The predicted octanol–water partition coefficient (Wildman–Crippen LogP) is 2.37. The van der Waals surface area contributed by atoms with E-state index in [0.717, 1.165) is 24.3 Å². The van der Waals surface area contributed by atoms with Gasteiger partial charge in [-0.25, -0.2) is 0 Å². The van der Waals surface area contributed by atoms with E-state index in [0.29, 0.717) is 10.1 Å². The van der Waals surface area contributed by atoms with Crippen LogP contribution in [0.1, 0.15) is 38.5 Å². The van der Waals surface area contributed by atoms with Gasteiger partial charge in [-0.1, -0.05) is 0 Å². The van der Waals surface area contributed by atoms with E-state index < -0.39 is 0 Å². The summed E-state index contributed by atoms with van der Waals surface area (Å²) < 4.78 is 6.04. The van der Waals surface area contributed by atoms with Gasteiger partial charge in [0.05, 0.1) is 6.07 Å². The van der Waals surface area contributed by atoms with E-state index in [1.165, 1.54) is 44.7 Å². The third-order valence-corrected chi connectivity index (χ3v) is 6.30. The quantitative estimate of drug-likeness (QED) is 0.615. The Morgan fingerprint density at radius 1 is 1.25 bits per heavy atom. The Bertz CT molecular complexity index is 596. The Morgan fingerprint density at radius 2 is 1.88 bits per heavy atom. The lowest BCUT2D eigenvalue weighted by Crippen LogP contribution is -2.52. The molecule has 4 aliphatic carbocycles. The maximum Gasteiger partial charge on any atom is 0.379 e. The summed E-state index contributed by atoms with van der Waals surface area (Å²) in [4.78, 5) is 14.3. The molecule has 0 saturated heterocycles. The number of aromatic nitrogens is 1. The minimum Gasteiger partial charge on any atom is -0.616 e. The van der Waals surface area contributed by atoms with E-state index in [4.69, 9.17) is 4.74 Å². The molecule has 4 bridgehead atoms. The monoisotopic (exact) mass is 330 g/mol. The topological polar surface area (TPSA) is 56.5 Å². The molecule has 1 aromatic rings. The van der Waals surface area contributed by atoms with Gasteiger partial charge in [0, 0.05) is 19.7 Å². The number of hydrogen-bond acceptors (Lipinski definition) is 3. The molecule has 5 nitrogen and oxygen atoms in total. The van der Waals surface area contributed by atoms with Crippen LogP contribution in [0.5, 0.6) is 5.88 Å². The molecule has 5 heteroatoms. The van der Waals surface area contributed by atoms with Gasteiger partial charge >= 0.3 is 5.88 Å². The van der Waals surface area contributed by atoms with Gasteiger partial charge in [0.1, 0.15) is 0 Å². The zero-order valence-corrected chi connectivity index (χ0v) is 14.3. The summed E-state index contributed by atoms with van der Waals surface area (Å²) >= 11 is 0. The Kier molecular flexibility index (Phi) is 3.89. The third-order valence-electron chi connectivity index (χ3n) is 6.30. The first-order chi connectivity index (χ1) is 11.5. The first kappa shape index (κ1) is 15.7. The van der Waals surface area contributed by atoms with Crippen molar-refractivity contribution in [3.05, 3.63) is 29.6 Å². The van der Waals surface area contributed by atoms with Crippen LogP contribution in [-0.2, 0) is 4.79 Å². The minimum atomic E-state index is -0.0743. The van der Waals surface area contributed by atoms with Crippen LogP contribution in [0.4, 0.5) is 0 Å². The van der Waals surface area contributed by atoms with Gasteiger partial charge in [0.2, 0.25) is 0 Å². The second-order valence-corrected chi connectivity index (χ2v) is 8.32. The van der Waals surface area contributed by atoms with Crippen LogP contribution in [0.25, 0.3) is 0 Å². The summed E-state index contributed by atoms with van der Waals surface area (Å²) in [6.07, 6.45) is 9.48. The molecule has 4 aliphatic rings.